The highest BCUT2D eigenvalue weighted by atomic mass is 19.1. The number of carbonyl (C=O) groups is 1. The molecule has 5 aromatic rings. The van der Waals surface area contributed by atoms with E-state index in [1.165, 1.54) is 36.5 Å². The number of likely N-dealkylation sites (tertiary alicyclic amines) is 1. The molecule has 3 atom stereocenters. The van der Waals surface area contributed by atoms with Crippen molar-refractivity contribution in [2.75, 3.05) is 43.1 Å². The van der Waals surface area contributed by atoms with E-state index < -0.39 is 23.3 Å². The van der Waals surface area contributed by atoms with Crippen LogP contribution in [-0.2, 0) is 4.79 Å². The van der Waals surface area contributed by atoms with Gasteiger partial charge in [-0.3, -0.25) is 14.8 Å². The molecule has 0 radical (unpaired) electrons. The first-order valence-corrected chi connectivity index (χ1v) is 16.9. The average molecular weight is 708 g/mol. The fraction of sp³-hybridized carbons (Fsp3) is 0.308. The van der Waals surface area contributed by atoms with Crippen LogP contribution in [0, 0.1) is 24.0 Å². The molecule has 2 fully saturated rings. The number of fused-ring (bicyclic) bond motifs is 2. The first-order chi connectivity index (χ1) is 25.0. The normalized spacial score (nSPS) is 20.0. The molecule has 10 nitrogen and oxygen atoms in total. The largest absolute Gasteiger partial charge is 0.508 e. The molecule has 3 aromatic heterocycles. The van der Waals surface area contributed by atoms with Gasteiger partial charge in [-0.1, -0.05) is 18.6 Å². The maximum Gasteiger partial charge on any atom is 0.319 e. The van der Waals surface area contributed by atoms with Crippen molar-refractivity contribution >= 4 is 39.1 Å². The lowest BCUT2D eigenvalue weighted by molar-refractivity contribution is -0.126. The Kier molecular flexibility index (Phi) is 9.08. The van der Waals surface area contributed by atoms with Crippen LogP contribution in [0.5, 0.6) is 11.8 Å². The van der Waals surface area contributed by atoms with Crippen LogP contribution in [0.2, 0.25) is 0 Å². The molecule has 0 saturated carbocycles. The molecule has 0 aliphatic carbocycles. The van der Waals surface area contributed by atoms with E-state index in [1.54, 1.807) is 35.3 Å². The van der Waals surface area contributed by atoms with E-state index in [0.29, 0.717) is 18.5 Å². The number of alkyl halides is 1. The summed E-state index contributed by atoms with van der Waals surface area (Å²) in [6.07, 6.45) is 12.3. The highest BCUT2D eigenvalue weighted by Crippen LogP contribution is 2.40. The summed E-state index contributed by atoms with van der Waals surface area (Å²) in [4.78, 5) is 35.9. The van der Waals surface area contributed by atoms with Crippen molar-refractivity contribution in [2.24, 2.45) is 0 Å². The number of amides is 1. The van der Waals surface area contributed by atoms with Crippen molar-refractivity contribution in [3.8, 4) is 35.4 Å². The van der Waals surface area contributed by atoms with Crippen LogP contribution in [0.25, 0.3) is 32.9 Å². The third-order valence-electron chi connectivity index (χ3n) is 9.94. The zero-order valence-electron chi connectivity index (χ0n) is 28.7. The predicted octanol–water partition coefficient (Wildman–Crippen LogP) is 6.20. The molecule has 7 rings (SSSR count). The van der Waals surface area contributed by atoms with Gasteiger partial charge in [0.2, 0.25) is 5.91 Å². The maximum atomic E-state index is 17.0. The summed E-state index contributed by atoms with van der Waals surface area (Å²) >= 11 is 0. The number of likely N-dealkylation sites (N-methyl/N-ethyl adjacent to an activating group) is 1. The van der Waals surface area contributed by atoms with Crippen LogP contribution in [0.1, 0.15) is 31.7 Å². The second-order valence-corrected chi connectivity index (χ2v) is 13.5. The van der Waals surface area contributed by atoms with Gasteiger partial charge in [0.25, 0.3) is 0 Å². The number of benzene rings is 2. The van der Waals surface area contributed by atoms with E-state index in [1.807, 2.05) is 17.9 Å². The van der Waals surface area contributed by atoms with E-state index >= 15 is 4.39 Å². The quantitative estimate of drug-likeness (QED) is 0.142. The lowest BCUT2D eigenvalue weighted by atomic mass is 9.96. The van der Waals surface area contributed by atoms with Crippen molar-refractivity contribution in [3.63, 3.8) is 0 Å². The topological polar surface area (TPSA) is 108 Å². The summed E-state index contributed by atoms with van der Waals surface area (Å²) < 4.78 is 53.0. The van der Waals surface area contributed by atoms with E-state index in [4.69, 9.17) is 16.1 Å². The molecule has 2 aliphatic heterocycles. The number of hydrogen-bond donors (Lipinski definition) is 1. The number of rotatable bonds is 9. The standard InChI is InChI=1S/C39H36F3N7O3/c1-5-28-31(41)12-11-23-15-27(50)16-29(33(23)28)35-34(42)36-30(19-44-35)37(47(4)21-26-10-8-14-48(26)32(51)6-2)46-38(45-36)52-22-39(3)17-24(40)20-49(39)25-9-7-13-43-18-25/h1,6-7,9,11-13,15-16,18-19,24,26,50H,2,8,10,14,17,20-22H2,3-4H3/t24-,26+,39+/m1/s1. The van der Waals surface area contributed by atoms with Crippen LogP contribution in [0.4, 0.5) is 24.7 Å². The second-order valence-electron chi connectivity index (χ2n) is 13.5. The zero-order chi connectivity index (χ0) is 36.7. The molecule has 1 N–H and O–H groups in total. The number of aromatic nitrogens is 4. The minimum atomic E-state index is -1.12. The molecule has 266 valence electrons. The summed E-state index contributed by atoms with van der Waals surface area (Å²) in [5.41, 5.74) is -0.501. The number of nitrogens with zero attached hydrogens (tertiary/aromatic N) is 7. The Morgan fingerprint density at radius 3 is 2.83 bits per heavy atom. The molecule has 2 aromatic carbocycles. The lowest BCUT2D eigenvalue weighted by Gasteiger charge is -2.36. The van der Waals surface area contributed by atoms with Crippen LogP contribution < -0.4 is 14.5 Å². The third-order valence-corrected chi connectivity index (χ3v) is 9.94. The summed E-state index contributed by atoms with van der Waals surface area (Å²) in [5, 5.41) is 11.4. The van der Waals surface area contributed by atoms with Gasteiger partial charge in [0, 0.05) is 55.9 Å². The molecule has 5 heterocycles. The zero-order valence-corrected chi connectivity index (χ0v) is 28.7. The van der Waals surface area contributed by atoms with Gasteiger partial charge in [0.05, 0.1) is 34.9 Å². The molecular formula is C39H36F3N7O3. The Labute approximate surface area is 298 Å². The Bertz CT molecular complexity index is 2250. The predicted molar refractivity (Wildman–Crippen MR) is 193 cm³/mol. The van der Waals surface area contributed by atoms with Crippen LogP contribution in [0.15, 0.2) is 67.6 Å². The number of pyridine rings is 2. The fourth-order valence-electron chi connectivity index (χ4n) is 7.51. The van der Waals surface area contributed by atoms with Crippen molar-refractivity contribution in [1.29, 1.82) is 0 Å². The van der Waals surface area contributed by atoms with E-state index in [2.05, 4.69) is 27.5 Å². The highest BCUT2D eigenvalue weighted by molar-refractivity contribution is 6.03. The Morgan fingerprint density at radius 2 is 2.08 bits per heavy atom. The van der Waals surface area contributed by atoms with Crippen molar-refractivity contribution < 1.29 is 27.8 Å². The van der Waals surface area contributed by atoms with Gasteiger partial charge in [-0.25, -0.2) is 13.2 Å². The number of phenols is 1. The Balaban J connectivity index is 1.34. The van der Waals surface area contributed by atoms with Gasteiger partial charge in [-0.2, -0.15) is 9.97 Å². The van der Waals surface area contributed by atoms with Crippen molar-refractivity contribution in [3.05, 3.63) is 84.8 Å². The number of aromatic hydroxyl groups is 1. The Morgan fingerprint density at radius 1 is 1.25 bits per heavy atom. The van der Waals surface area contributed by atoms with Gasteiger partial charge < -0.3 is 24.5 Å². The smallest absolute Gasteiger partial charge is 0.319 e. The molecule has 2 saturated heterocycles. The minimum Gasteiger partial charge on any atom is -0.508 e. The van der Waals surface area contributed by atoms with Crippen LogP contribution in [0.3, 0.4) is 0 Å². The van der Waals surface area contributed by atoms with Crippen molar-refractivity contribution in [2.45, 2.75) is 43.9 Å². The summed E-state index contributed by atoms with van der Waals surface area (Å²) in [6.45, 7) is 6.54. The van der Waals surface area contributed by atoms with E-state index in [-0.39, 0.29) is 82.2 Å². The van der Waals surface area contributed by atoms with Crippen LogP contribution in [-0.4, -0.2) is 86.9 Å². The van der Waals surface area contributed by atoms with Crippen LogP contribution >= 0.6 is 0 Å². The van der Waals surface area contributed by atoms with Gasteiger partial charge >= 0.3 is 6.01 Å². The SMILES string of the molecule is C#Cc1c(F)ccc2cc(O)cc(-c3ncc4c(N(C)C[C@@H]5CCCN5C(=O)C=C)nc(OC[C@]5(C)C[C@@H](F)CN5c5cccnc5)nc4c3F)c12. The molecule has 0 bridgehead atoms. The first kappa shape index (κ1) is 34.5. The Hall–Kier alpha value is -5.90. The monoisotopic (exact) mass is 707 g/mol. The second kappa shape index (κ2) is 13.7. The van der Waals surface area contributed by atoms with Gasteiger partial charge in [0.15, 0.2) is 5.82 Å². The number of anilines is 2. The number of terminal acetylenes is 1. The summed E-state index contributed by atoms with van der Waals surface area (Å²) in [5.74, 6) is 0.691. The number of hydrogen-bond acceptors (Lipinski definition) is 9. The van der Waals surface area contributed by atoms with Gasteiger partial charge in [0.1, 0.15) is 41.4 Å². The molecule has 1 amide bonds. The summed E-state index contributed by atoms with van der Waals surface area (Å²) in [7, 11) is 1.77. The minimum absolute atomic E-state index is 0.0389. The van der Waals surface area contributed by atoms with E-state index in [9.17, 15) is 18.7 Å². The third kappa shape index (κ3) is 6.18. The highest BCUT2D eigenvalue weighted by Gasteiger charge is 2.43. The number of phenolic OH excluding ortho intramolecular Hbond substituents is 1. The molecular weight excluding hydrogens is 671 g/mol. The number of halogens is 3. The fourth-order valence-corrected chi connectivity index (χ4v) is 7.51. The number of ether oxygens (including phenoxy) is 1. The van der Waals surface area contributed by atoms with Gasteiger partial charge in [-0.15, -0.1) is 6.42 Å². The first-order valence-electron chi connectivity index (χ1n) is 16.9. The molecule has 2 aliphatic rings. The molecule has 0 spiro atoms. The van der Waals surface area contributed by atoms with Crippen molar-refractivity contribution in [1.82, 2.24) is 24.8 Å². The average Bonchev–Trinajstić information content (AvgIpc) is 3.73. The molecule has 52 heavy (non-hydrogen) atoms. The molecule has 13 heteroatoms. The maximum absolute atomic E-state index is 17.0. The summed E-state index contributed by atoms with van der Waals surface area (Å²) in [6, 6.07) is 8.60. The van der Waals surface area contributed by atoms with Gasteiger partial charge in [-0.05, 0) is 61.6 Å². The van der Waals surface area contributed by atoms with E-state index in [0.717, 1.165) is 18.5 Å². The lowest BCUT2D eigenvalue weighted by Crippen LogP contribution is -2.46. The molecule has 0 unspecified atom stereocenters. The number of carbonyl (C=O) groups excluding carboxylic acids is 1.